The molecular formula is C23H29FN6O3. The number of anilines is 1. The minimum Gasteiger partial charge on any atom is -0.493 e. The van der Waals surface area contributed by atoms with Crippen molar-refractivity contribution in [2.75, 3.05) is 59.0 Å². The Morgan fingerprint density at radius 2 is 1.67 bits per heavy atom. The molecule has 9 nitrogen and oxygen atoms in total. The van der Waals surface area contributed by atoms with Crippen LogP contribution in [-0.2, 0) is 11.3 Å². The first-order chi connectivity index (χ1) is 16.1. The van der Waals surface area contributed by atoms with E-state index in [9.17, 15) is 4.39 Å². The number of hydrogen-bond donors (Lipinski definition) is 0. The van der Waals surface area contributed by atoms with Crippen molar-refractivity contribution in [3.8, 4) is 11.5 Å². The predicted molar refractivity (Wildman–Crippen MR) is 121 cm³/mol. The second-order valence-electron chi connectivity index (χ2n) is 7.77. The summed E-state index contributed by atoms with van der Waals surface area (Å²) in [5.74, 6) is 1.84. The van der Waals surface area contributed by atoms with Crippen LogP contribution >= 0.6 is 0 Å². The van der Waals surface area contributed by atoms with E-state index in [1.165, 1.54) is 12.1 Å². The van der Waals surface area contributed by atoms with Crippen LogP contribution in [0.4, 0.5) is 10.1 Å². The third-order valence-electron chi connectivity index (χ3n) is 5.91. The molecule has 1 aromatic heterocycles. The van der Waals surface area contributed by atoms with Crippen LogP contribution < -0.4 is 14.4 Å². The van der Waals surface area contributed by atoms with Gasteiger partial charge in [-0.1, -0.05) is 6.07 Å². The lowest BCUT2D eigenvalue weighted by atomic mass is 10.0. The van der Waals surface area contributed by atoms with Gasteiger partial charge in [0.15, 0.2) is 17.3 Å². The van der Waals surface area contributed by atoms with E-state index < -0.39 is 0 Å². The van der Waals surface area contributed by atoms with Crippen LogP contribution in [0.5, 0.6) is 11.5 Å². The Hall–Kier alpha value is -3.24. The fourth-order valence-corrected chi connectivity index (χ4v) is 4.18. The van der Waals surface area contributed by atoms with Gasteiger partial charge in [0.1, 0.15) is 5.82 Å². The van der Waals surface area contributed by atoms with Gasteiger partial charge in [-0.3, -0.25) is 4.90 Å². The summed E-state index contributed by atoms with van der Waals surface area (Å²) in [6.45, 7) is 4.23. The van der Waals surface area contributed by atoms with Crippen molar-refractivity contribution in [3.05, 3.63) is 59.7 Å². The van der Waals surface area contributed by atoms with Gasteiger partial charge in [0.25, 0.3) is 0 Å². The lowest BCUT2D eigenvalue weighted by Gasteiger charge is -2.40. The molecule has 0 saturated carbocycles. The summed E-state index contributed by atoms with van der Waals surface area (Å²) in [5, 5.41) is 12.5. The van der Waals surface area contributed by atoms with Crippen LogP contribution in [0, 0.1) is 5.82 Å². The maximum atomic E-state index is 13.3. The van der Waals surface area contributed by atoms with E-state index in [1.54, 1.807) is 26.0 Å². The van der Waals surface area contributed by atoms with Crippen molar-refractivity contribution in [2.45, 2.75) is 12.6 Å². The first-order valence-electron chi connectivity index (χ1n) is 10.9. The molecule has 4 rings (SSSR count). The van der Waals surface area contributed by atoms with E-state index in [2.05, 4.69) is 25.3 Å². The van der Waals surface area contributed by atoms with Gasteiger partial charge >= 0.3 is 0 Å². The van der Waals surface area contributed by atoms with Gasteiger partial charge in [0, 0.05) is 39.0 Å². The van der Waals surface area contributed by atoms with Gasteiger partial charge in [0.05, 0.1) is 33.4 Å². The molecule has 2 aromatic carbocycles. The summed E-state index contributed by atoms with van der Waals surface area (Å²) in [5.41, 5.74) is 2.03. The highest BCUT2D eigenvalue weighted by molar-refractivity contribution is 5.47. The molecule has 1 unspecified atom stereocenters. The monoisotopic (exact) mass is 456 g/mol. The summed E-state index contributed by atoms with van der Waals surface area (Å²) in [4.78, 5) is 4.62. The second-order valence-corrected chi connectivity index (χ2v) is 7.77. The Bertz CT molecular complexity index is 1040. The van der Waals surface area contributed by atoms with Crippen molar-refractivity contribution >= 4 is 5.69 Å². The number of piperazine rings is 1. The van der Waals surface area contributed by atoms with Gasteiger partial charge in [-0.05, 0) is 52.4 Å². The van der Waals surface area contributed by atoms with Gasteiger partial charge < -0.3 is 19.1 Å². The maximum Gasteiger partial charge on any atom is 0.173 e. The number of halogens is 1. The number of methoxy groups -OCH3 is 3. The zero-order valence-electron chi connectivity index (χ0n) is 19.1. The SMILES string of the molecule is COCCn1nnnc1C(c1ccc(OC)c(OC)c1)N1CCN(c2ccc(F)cc2)CC1. The van der Waals surface area contributed by atoms with Crippen molar-refractivity contribution in [1.29, 1.82) is 0 Å². The molecule has 1 fully saturated rings. The number of rotatable bonds is 9. The van der Waals surface area contributed by atoms with Crippen LogP contribution in [0.15, 0.2) is 42.5 Å². The highest BCUT2D eigenvalue weighted by Gasteiger charge is 2.31. The van der Waals surface area contributed by atoms with Crippen LogP contribution in [0.25, 0.3) is 0 Å². The number of tetrazole rings is 1. The average molecular weight is 457 g/mol. The van der Waals surface area contributed by atoms with Crippen LogP contribution in [0.3, 0.4) is 0 Å². The Balaban J connectivity index is 1.63. The Morgan fingerprint density at radius 3 is 2.33 bits per heavy atom. The molecule has 10 heteroatoms. The highest BCUT2D eigenvalue weighted by atomic mass is 19.1. The van der Waals surface area contributed by atoms with Crippen LogP contribution in [-0.4, -0.2) is 79.2 Å². The molecule has 1 atom stereocenters. The first kappa shape index (κ1) is 22.9. The first-order valence-corrected chi connectivity index (χ1v) is 10.9. The van der Waals surface area contributed by atoms with E-state index >= 15 is 0 Å². The van der Waals surface area contributed by atoms with Gasteiger partial charge in [-0.2, -0.15) is 0 Å². The quantitative estimate of drug-likeness (QED) is 0.486. The molecule has 3 aromatic rings. The summed E-state index contributed by atoms with van der Waals surface area (Å²) in [7, 11) is 4.90. The molecule has 0 bridgehead atoms. The minimum atomic E-state index is -0.228. The average Bonchev–Trinajstić information content (AvgIpc) is 3.31. The van der Waals surface area contributed by atoms with Crippen molar-refractivity contribution < 1.29 is 18.6 Å². The third kappa shape index (κ3) is 5.07. The Morgan fingerprint density at radius 1 is 0.939 bits per heavy atom. The molecule has 33 heavy (non-hydrogen) atoms. The summed E-state index contributed by atoms with van der Waals surface area (Å²) in [6, 6.07) is 12.4. The zero-order chi connectivity index (χ0) is 23.2. The second kappa shape index (κ2) is 10.6. The number of aromatic nitrogens is 4. The Kier molecular flexibility index (Phi) is 7.36. The Labute approximate surface area is 192 Å². The van der Waals surface area contributed by atoms with Crippen molar-refractivity contribution in [2.24, 2.45) is 0 Å². The molecule has 0 amide bonds. The zero-order valence-corrected chi connectivity index (χ0v) is 19.1. The van der Waals surface area contributed by atoms with Crippen LogP contribution in [0.2, 0.25) is 0 Å². The van der Waals surface area contributed by atoms with Gasteiger partial charge in [-0.25, -0.2) is 9.07 Å². The van der Waals surface area contributed by atoms with Crippen LogP contribution in [0.1, 0.15) is 17.4 Å². The molecule has 0 radical (unpaired) electrons. The molecule has 176 valence electrons. The smallest absolute Gasteiger partial charge is 0.173 e. The fraction of sp³-hybridized carbons (Fsp3) is 0.435. The van der Waals surface area contributed by atoms with Gasteiger partial charge in [0.2, 0.25) is 0 Å². The standard InChI is InChI=1S/C23H29FN6O3/c1-31-15-14-30-23(25-26-27-30)22(17-4-9-20(32-2)21(16-17)33-3)29-12-10-28(11-13-29)19-7-5-18(24)6-8-19/h4-9,16,22H,10-15H2,1-3H3. The molecule has 2 heterocycles. The molecule has 0 spiro atoms. The van der Waals surface area contributed by atoms with Gasteiger partial charge in [-0.15, -0.1) is 5.10 Å². The number of hydrogen-bond acceptors (Lipinski definition) is 8. The molecule has 1 saturated heterocycles. The minimum absolute atomic E-state index is 0.174. The lowest BCUT2D eigenvalue weighted by Crippen LogP contribution is -2.48. The number of ether oxygens (including phenoxy) is 3. The van der Waals surface area contributed by atoms with Crippen molar-refractivity contribution in [1.82, 2.24) is 25.1 Å². The van der Waals surface area contributed by atoms with E-state index in [-0.39, 0.29) is 11.9 Å². The largest absolute Gasteiger partial charge is 0.493 e. The predicted octanol–water partition coefficient (Wildman–Crippen LogP) is 2.39. The molecule has 0 N–H and O–H groups in total. The lowest BCUT2D eigenvalue weighted by molar-refractivity contribution is 0.171. The topological polar surface area (TPSA) is 77.8 Å². The number of nitrogens with zero attached hydrogens (tertiary/aromatic N) is 6. The van der Waals surface area contributed by atoms with E-state index in [1.807, 2.05) is 30.3 Å². The third-order valence-corrected chi connectivity index (χ3v) is 5.91. The molecule has 1 aliphatic heterocycles. The summed E-state index contributed by atoms with van der Waals surface area (Å²) in [6.07, 6.45) is 0. The highest BCUT2D eigenvalue weighted by Crippen LogP contribution is 2.35. The molecule has 1 aliphatic rings. The van der Waals surface area contributed by atoms with E-state index in [0.29, 0.717) is 24.7 Å². The number of benzene rings is 2. The van der Waals surface area contributed by atoms with E-state index in [4.69, 9.17) is 14.2 Å². The van der Waals surface area contributed by atoms with Crippen molar-refractivity contribution in [3.63, 3.8) is 0 Å². The molecular weight excluding hydrogens is 427 g/mol. The van der Waals surface area contributed by atoms with E-state index in [0.717, 1.165) is 43.3 Å². The summed E-state index contributed by atoms with van der Waals surface area (Å²) >= 11 is 0. The summed E-state index contributed by atoms with van der Waals surface area (Å²) < 4.78 is 31.3. The maximum absolute atomic E-state index is 13.3. The normalized spacial score (nSPS) is 15.5. The fourth-order valence-electron chi connectivity index (χ4n) is 4.18. The molecule has 0 aliphatic carbocycles.